The molecule has 1 unspecified atom stereocenters. The fourth-order valence-corrected chi connectivity index (χ4v) is 3.64. The molecule has 0 spiro atoms. The van der Waals surface area contributed by atoms with Crippen molar-refractivity contribution in [3.8, 4) is 0 Å². The van der Waals surface area contributed by atoms with Crippen LogP contribution in [0, 0.1) is 5.92 Å². The first-order valence-corrected chi connectivity index (χ1v) is 11.1. The Morgan fingerprint density at radius 3 is 2.72 bits per heavy atom. The molecule has 178 valence electrons. The van der Waals surface area contributed by atoms with Crippen molar-refractivity contribution in [1.29, 1.82) is 0 Å². The minimum atomic E-state index is 0. The molecule has 8 heteroatoms. The lowest BCUT2D eigenvalue weighted by Crippen LogP contribution is -2.37. The van der Waals surface area contributed by atoms with Crippen LogP contribution in [0.1, 0.15) is 29.7 Å². The molecule has 32 heavy (non-hydrogen) atoms. The van der Waals surface area contributed by atoms with Gasteiger partial charge < -0.3 is 24.5 Å². The second kappa shape index (κ2) is 15.3. The van der Waals surface area contributed by atoms with Gasteiger partial charge >= 0.3 is 0 Å². The fourth-order valence-electron chi connectivity index (χ4n) is 3.64. The summed E-state index contributed by atoms with van der Waals surface area (Å²) in [4.78, 5) is 6.59. The zero-order chi connectivity index (χ0) is 21.7. The first-order valence-electron chi connectivity index (χ1n) is 11.1. The van der Waals surface area contributed by atoms with Gasteiger partial charge in [-0.25, -0.2) is 0 Å². The summed E-state index contributed by atoms with van der Waals surface area (Å²) in [6.07, 6.45) is 3.79. The number of rotatable bonds is 12. The van der Waals surface area contributed by atoms with Crippen molar-refractivity contribution in [2.45, 2.75) is 32.5 Å². The molecule has 0 amide bonds. The van der Waals surface area contributed by atoms with Gasteiger partial charge in [0.1, 0.15) is 5.76 Å². The molecule has 1 aliphatic rings. The molecule has 1 saturated heterocycles. The number of halogens is 1. The summed E-state index contributed by atoms with van der Waals surface area (Å²) >= 11 is 0. The monoisotopic (exact) mass is 556 g/mol. The van der Waals surface area contributed by atoms with E-state index in [4.69, 9.17) is 13.9 Å². The molecule has 2 heterocycles. The van der Waals surface area contributed by atoms with E-state index in [0.29, 0.717) is 5.92 Å². The molecule has 0 bridgehead atoms. The summed E-state index contributed by atoms with van der Waals surface area (Å²) in [7, 11) is 3.91. The third-order valence-corrected chi connectivity index (χ3v) is 5.37. The lowest BCUT2D eigenvalue weighted by atomic mass is 10.1. The van der Waals surface area contributed by atoms with Gasteiger partial charge in [-0.1, -0.05) is 24.3 Å². The number of aliphatic imine (C=N–C) groups is 1. The number of nitrogens with zero attached hydrogens (tertiary/aromatic N) is 2. The topological polar surface area (TPSA) is 71.3 Å². The van der Waals surface area contributed by atoms with Crippen molar-refractivity contribution in [1.82, 2.24) is 15.5 Å². The van der Waals surface area contributed by atoms with Gasteiger partial charge in [-0.15, -0.1) is 24.0 Å². The van der Waals surface area contributed by atoms with Gasteiger partial charge in [0.05, 0.1) is 26.0 Å². The molecule has 1 atom stereocenters. The Hall–Kier alpha value is -1.62. The molecule has 2 aromatic rings. The van der Waals surface area contributed by atoms with Gasteiger partial charge in [-0.2, -0.15) is 0 Å². The van der Waals surface area contributed by atoms with Gasteiger partial charge in [0, 0.05) is 45.8 Å². The van der Waals surface area contributed by atoms with E-state index in [1.165, 1.54) is 11.1 Å². The van der Waals surface area contributed by atoms with Gasteiger partial charge in [-0.3, -0.25) is 9.89 Å². The second-order valence-corrected chi connectivity index (χ2v) is 8.03. The maximum absolute atomic E-state index is 5.76. The van der Waals surface area contributed by atoms with E-state index in [0.717, 1.165) is 77.2 Å². The van der Waals surface area contributed by atoms with Crippen molar-refractivity contribution in [3.05, 3.63) is 59.5 Å². The molecule has 0 saturated carbocycles. The predicted octanol–water partition coefficient (Wildman–Crippen LogP) is 3.64. The van der Waals surface area contributed by atoms with E-state index >= 15 is 0 Å². The Kier molecular flexibility index (Phi) is 12.7. The van der Waals surface area contributed by atoms with Crippen LogP contribution >= 0.6 is 24.0 Å². The van der Waals surface area contributed by atoms with Crippen LogP contribution in [0.5, 0.6) is 0 Å². The van der Waals surface area contributed by atoms with Crippen LogP contribution in [0.4, 0.5) is 0 Å². The Morgan fingerprint density at radius 2 is 2.00 bits per heavy atom. The van der Waals surface area contributed by atoms with E-state index in [-0.39, 0.29) is 24.0 Å². The number of hydrogen-bond donors (Lipinski definition) is 2. The third kappa shape index (κ3) is 9.48. The normalized spacial score (nSPS) is 16.2. The number of benzene rings is 1. The van der Waals surface area contributed by atoms with E-state index in [9.17, 15) is 0 Å². The number of ether oxygens (including phenoxy) is 2. The molecule has 2 N–H and O–H groups in total. The number of nitrogens with one attached hydrogen (secondary N) is 2. The zero-order valence-electron chi connectivity index (χ0n) is 19.2. The maximum atomic E-state index is 5.76. The van der Waals surface area contributed by atoms with Gasteiger partial charge in [0.25, 0.3) is 0 Å². The lowest BCUT2D eigenvalue weighted by Gasteiger charge is -2.19. The van der Waals surface area contributed by atoms with Gasteiger partial charge in [0.2, 0.25) is 0 Å². The summed E-state index contributed by atoms with van der Waals surface area (Å²) in [5.41, 5.74) is 2.56. The maximum Gasteiger partial charge on any atom is 0.191 e. The van der Waals surface area contributed by atoms with Crippen molar-refractivity contribution in [2.24, 2.45) is 10.9 Å². The average Bonchev–Trinajstić information content (AvgIpc) is 3.48. The predicted molar refractivity (Wildman–Crippen MR) is 138 cm³/mol. The van der Waals surface area contributed by atoms with E-state index in [2.05, 4.69) is 51.8 Å². The van der Waals surface area contributed by atoms with E-state index < -0.39 is 0 Å². The number of furan rings is 1. The van der Waals surface area contributed by atoms with Crippen LogP contribution in [0.15, 0.2) is 52.1 Å². The molecular weight excluding hydrogens is 519 g/mol. The first kappa shape index (κ1) is 26.6. The van der Waals surface area contributed by atoms with Crippen LogP contribution in [0.3, 0.4) is 0 Å². The molecule has 0 radical (unpaired) electrons. The molecule has 3 rings (SSSR count). The van der Waals surface area contributed by atoms with Crippen molar-refractivity contribution >= 4 is 29.9 Å². The Bertz CT molecular complexity index is 779. The summed E-state index contributed by atoms with van der Waals surface area (Å²) in [6.45, 7) is 6.47. The average molecular weight is 556 g/mol. The highest BCUT2D eigenvalue weighted by Gasteiger charge is 2.15. The summed E-state index contributed by atoms with van der Waals surface area (Å²) in [5, 5.41) is 6.79. The molecule has 1 aromatic heterocycles. The molecule has 1 aliphatic heterocycles. The highest BCUT2D eigenvalue weighted by molar-refractivity contribution is 14.0. The first-order chi connectivity index (χ1) is 15.2. The molecule has 1 fully saturated rings. The second-order valence-electron chi connectivity index (χ2n) is 8.03. The number of guanidine groups is 1. The molecule has 7 nitrogen and oxygen atoms in total. The zero-order valence-corrected chi connectivity index (χ0v) is 21.5. The summed E-state index contributed by atoms with van der Waals surface area (Å²) in [5.74, 6) is 2.35. The lowest BCUT2D eigenvalue weighted by molar-refractivity contribution is 0.0888. The highest BCUT2D eigenvalue weighted by atomic mass is 127. The SMILES string of the molecule is CN=C(NCCCOCC1CCOC1)NCc1ccccc1CN(C)Cc1ccco1.I. The minimum absolute atomic E-state index is 0. The van der Waals surface area contributed by atoms with Gasteiger partial charge in [0.15, 0.2) is 5.96 Å². The minimum Gasteiger partial charge on any atom is -0.468 e. The van der Waals surface area contributed by atoms with Crippen molar-refractivity contribution < 1.29 is 13.9 Å². The largest absolute Gasteiger partial charge is 0.468 e. The molecule has 1 aromatic carbocycles. The highest BCUT2D eigenvalue weighted by Crippen LogP contribution is 2.14. The van der Waals surface area contributed by atoms with E-state index in [1.807, 2.05) is 12.1 Å². The van der Waals surface area contributed by atoms with Crippen LogP contribution in [-0.4, -0.2) is 57.9 Å². The fraction of sp³-hybridized carbons (Fsp3) is 0.542. The Balaban J connectivity index is 0.00000363. The summed E-state index contributed by atoms with van der Waals surface area (Å²) in [6, 6.07) is 12.4. The van der Waals surface area contributed by atoms with Crippen molar-refractivity contribution in [3.63, 3.8) is 0 Å². The molecule has 0 aliphatic carbocycles. The Labute approximate surface area is 209 Å². The third-order valence-electron chi connectivity index (χ3n) is 5.37. The van der Waals surface area contributed by atoms with Crippen molar-refractivity contribution in [2.75, 3.05) is 47.1 Å². The van der Waals surface area contributed by atoms with Crippen LogP contribution < -0.4 is 10.6 Å². The molecular formula is C24H37IN4O3. The quantitative estimate of drug-likeness (QED) is 0.180. The van der Waals surface area contributed by atoms with E-state index in [1.54, 1.807) is 13.3 Å². The smallest absolute Gasteiger partial charge is 0.191 e. The standard InChI is InChI=1S/C24H36N4O3.HI/c1-25-24(26-11-6-12-29-18-20-10-14-30-19-20)27-15-21-7-3-4-8-22(21)16-28(2)17-23-9-5-13-31-23;/h3-5,7-9,13,20H,6,10-12,14-19H2,1-2H3,(H2,25,26,27);1H. The van der Waals surface area contributed by atoms with Crippen LogP contribution in [0.2, 0.25) is 0 Å². The Morgan fingerprint density at radius 1 is 1.16 bits per heavy atom. The van der Waals surface area contributed by atoms with Gasteiger partial charge in [-0.05, 0) is 43.1 Å². The van der Waals surface area contributed by atoms with Crippen LogP contribution in [0.25, 0.3) is 0 Å². The summed E-state index contributed by atoms with van der Waals surface area (Å²) < 4.78 is 16.6. The van der Waals surface area contributed by atoms with Crippen LogP contribution in [-0.2, 0) is 29.1 Å². The number of hydrogen-bond acceptors (Lipinski definition) is 5.